The number of carbonyl (C=O) groups is 3. The standard InChI is InChI=1S/C31H29N5O4S/c1-3-25(37)33-21-11-7-8-12-22(21)34-29(38)28-27-26-23(15-16-32-30(26)41-28)35-31(39)36(27)24-14-13-20(17-18(24)2)40-19-9-5-4-6-10-19/h3-6,9-10,13-17,21-22H,1,7-8,11-12H2,2H3,(H,33,37)(H,34,38)(H,35,39)/t21-,22?/m1/s1. The molecule has 1 saturated carbocycles. The minimum absolute atomic E-state index is 0.198. The third kappa shape index (κ3) is 5.14. The van der Waals surface area contributed by atoms with Crippen LogP contribution in [0.2, 0.25) is 0 Å². The third-order valence-electron chi connectivity index (χ3n) is 7.42. The summed E-state index contributed by atoms with van der Waals surface area (Å²) < 4.78 is 5.99. The zero-order valence-electron chi connectivity index (χ0n) is 22.5. The van der Waals surface area contributed by atoms with E-state index in [0.717, 1.165) is 31.2 Å². The number of pyridine rings is 1. The highest BCUT2D eigenvalue weighted by atomic mass is 32.1. The van der Waals surface area contributed by atoms with Crippen LogP contribution in [0.4, 0.5) is 21.9 Å². The van der Waals surface area contributed by atoms with E-state index >= 15 is 0 Å². The highest BCUT2D eigenvalue weighted by Gasteiger charge is 2.36. The summed E-state index contributed by atoms with van der Waals surface area (Å²) in [5, 5.41) is 9.78. The number of aromatic nitrogens is 1. The van der Waals surface area contributed by atoms with Gasteiger partial charge < -0.3 is 20.7 Å². The number of amides is 4. The Balaban J connectivity index is 1.37. The molecule has 10 heteroatoms. The summed E-state index contributed by atoms with van der Waals surface area (Å²) in [4.78, 5) is 46.6. The van der Waals surface area contributed by atoms with Crippen molar-refractivity contribution in [2.24, 2.45) is 0 Å². The summed E-state index contributed by atoms with van der Waals surface area (Å²) in [6.07, 6.45) is 6.28. The molecule has 1 aliphatic carbocycles. The van der Waals surface area contributed by atoms with E-state index in [0.29, 0.717) is 43.7 Å². The van der Waals surface area contributed by atoms with Gasteiger partial charge in [-0.3, -0.25) is 14.5 Å². The number of benzene rings is 2. The summed E-state index contributed by atoms with van der Waals surface area (Å²) >= 11 is 1.24. The molecule has 1 fully saturated rings. The molecule has 1 unspecified atom stereocenters. The van der Waals surface area contributed by atoms with E-state index in [2.05, 4.69) is 27.5 Å². The number of hydrogen-bond donors (Lipinski definition) is 3. The molecule has 0 spiro atoms. The molecule has 2 aliphatic rings. The van der Waals surface area contributed by atoms with E-state index in [1.807, 2.05) is 49.4 Å². The lowest BCUT2D eigenvalue weighted by atomic mass is 9.90. The van der Waals surface area contributed by atoms with Crippen LogP contribution in [0.1, 0.15) is 40.9 Å². The summed E-state index contributed by atoms with van der Waals surface area (Å²) in [5.74, 6) is 0.773. The van der Waals surface area contributed by atoms with Gasteiger partial charge in [0.05, 0.1) is 22.4 Å². The molecular weight excluding hydrogens is 538 g/mol. The first-order chi connectivity index (χ1) is 19.9. The van der Waals surface area contributed by atoms with Gasteiger partial charge in [-0.25, -0.2) is 9.78 Å². The molecule has 0 saturated heterocycles. The number of carbonyl (C=O) groups excluding carboxylic acids is 3. The van der Waals surface area contributed by atoms with Gasteiger partial charge in [-0.05, 0) is 67.8 Å². The SMILES string of the molecule is C=CC(=O)N[C@@H]1CCCCC1NC(=O)c1sc2nccc3c2c1N(c1ccc(Oc2ccccc2)cc1C)C(=O)N3. The van der Waals surface area contributed by atoms with Gasteiger partial charge in [-0.15, -0.1) is 11.3 Å². The molecule has 9 nitrogen and oxygen atoms in total. The zero-order chi connectivity index (χ0) is 28.5. The third-order valence-corrected chi connectivity index (χ3v) is 8.51. The number of urea groups is 1. The normalized spacial score (nSPS) is 18.0. The number of nitrogens with zero attached hydrogens (tertiary/aromatic N) is 2. The molecule has 0 radical (unpaired) electrons. The largest absolute Gasteiger partial charge is 0.457 e. The molecule has 2 aromatic carbocycles. The number of hydrogen-bond acceptors (Lipinski definition) is 6. The Morgan fingerprint density at radius 1 is 1.07 bits per heavy atom. The smallest absolute Gasteiger partial charge is 0.331 e. The van der Waals surface area contributed by atoms with E-state index in [1.165, 1.54) is 17.4 Å². The first kappa shape index (κ1) is 26.5. The minimum Gasteiger partial charge on any atom is -0.457 e. The predicted molar refractivity (Wildman–Crippen MR) is 160 cm³/mol. The van der Waals surface area contributed by atoms with E-state index in [1.54, 1.807) is 23.2 Å². The lowest BCUT2D eigenvalue weighted by molar-refractivity contribution is -0.117. The van der Waals surface area contributed by atoms with Crippen molar-refractivity contribution in [3.05, 3.63) is 83.9 Å². The van der Waals surface area contributed by atoms with Crippen molar-refractivity contribution < 1.29 is 19.1 Å². The first-order valence-electron chi connectivity index (χ1n) is 13.5. The number of rotatable bonds is 7. The summed E-state index contributed by atoms with van der Waals surface area (Å²) in [7, 11) is 0. The van der Waals surface area contributed by atoms with Crippen LogP contribution in [-0.4, -0.2) is 34.9 Å². The van der Waals surface area contributed by atoms with E-state index in [4.69, 9.17) is 4.74 Å². The number of aryl methyl sites for hydroxylation is 1. The van der Waals surface area contributed by atoms with Gasteiger partial charge in [0.15, 0.2) is 0 Å². The Kier molecular flexibility index (Phi) is 7.15. The Morgan fingerprint density at radius 3 is 2.56 bits per heavy atom. The van der Waals surface area contributed by atoms with Crippen LogP contribution in [0, 0.1) is 6.92 Å². The molecule has 1 aliphatic heterocycles. The number of para-hydroxylation sites is 1. The second-order valence-electron chi connectivity index (χ2n) is 10.1. The molecule has 4 amide bonds. The lowest BCUT2D eigenvalue weighted by Crippen LogP contribution is -2.53. The Labute approximate surface area is 241 Å². The van der Waals surface area contributed by atoms with Crippen LogP contribution in [0.15, 0.2) is 73.4 Å². The van der Waals surface area contributed by atoms with Gasteiger partial charge in [-0.2, -0.15) is 0 Å². The van der Waals surface area contributed by atoms with Crippen LogP contribution in [0.3, 0.4) is 0 Å². The van der Waals surface area contributed by atoms with Crippen molar-refractivity contribution in [3.8, 4) is 11.5 Å². The average Bonchev–Trinajstić information content (AvgIpc) is 3.36. The van der Waals surface area contributed by atoms with Crippen molar-refractivity contribution in [2.75, 3.05) is 10.2 Å². The molecule has 41 heavy (non-hydrogen) atoms. The van der Waals surface area contributed by atoms with Crippen LogP contribution in [0.5, 0.6) is 11.5 Å². The van der Waals surface area contributed by atoms with Crippen LogP contribution < -0.4 is 25.6 Å². The molecule has 0 bridgehead atoms. The van der Waals surface area contributed by atoms with Gasteiger partial charge >= 0.3 is 6.03 Å². The fourth-order valence-electron chi connectivity index (χ4n) is 5.50. The second-order valence-corrected chi connectivity index (χ2v) is 11.1. The quantitative estimate of drug-likeness (QED) is 0.223. The maximum atomic E-state index is 13.9. The summed E-state index contributed by atoms with van der Waals surface area (Å²) in [6, 6.07) is 15.9. The Bertz CT molecular complexity index is 1670. The van der Waals surface area contributed by atoms with Crippen LogP contribution >= 0.6 is 11.3 Å². The topological polar surface area (TPSA) is 113 Å². The Hall–Kier alpha value is -4.70. The van der Waals surface area contributed by atoms with Crippen molar-refractivity contribution in [1.29, 1.82) is 0 Å². The van der Waals surface area contributed by atoms with Crippen LogP contribution in [0.25, 0.3) is 10.2 Å². The second kappa shape index (κ2) is 11.1. The van der Waals surface area contributed by atoms with Gasteiger partial charge in [-0.1, -0.05) is 37.6 Å². The summed E-state index contributed by atoms with van der Waals surface area (Å²) in [5.41, 5.74) is 2.53. The molecule has 208 valence electrons. The monoisotopic (exact) mass is 567 g/mol. The fraction of sp³-hybridized carbons (Fsp3) is 0.226. The fourth-order valence-corrected chi connectivity index (χ4v) is 6.56. The number of nitrogens with one attached hydrogen (secondary N) is 3. The van der Waals surface area contributed by atoms with Gasteiger partial charge in [0.1, 0.15) is 21.2 Å². The van der Waals surface area contributed by atoms with Crippen molar-refractivity contribution in [2.45, 2.75) is 44.7 Å². The van der Waals surface area contributed by atoms with E-state index in [-0.39, 0.29) is 29.9 Å². The average molecular weight is 568 g/mol. The van der Waals surface area contributed by atoms with Gasteiger partial charge in [0.25, 0.3) is 5.91 Å². The minimum atomic E-state index is -0.369. The molecule has 6 rings (SSSR count). The van der Waals surface area contributed by atoms with Gasteiger partial charge in [0, 0.05) is 18.3 Å². The Morgan fingerprint density at radius 2 is 1.83 bits per heavy atom. The van der Waals surface area contributed by atoms with E-state index in [9.17, 15) is 14.4 Å². The lowest BCUT2D eigenvalue weighted by Gasteiger charge is -2.33. The van der Waals surface area contributed by atoms with E-state index < -0.39 is 0 Å². The van der Waals surface area contributed by atoms with Crippen molar-refractivity contribution in [1.82, 2.24) is 15.6 Å². The van der Waals surface area contributed by atoms with Crippen LogP contribution in [-0.2, 0) is 4.79 Å². The molecular formula is C31H29N5O4S. The maximum Gasteiger partial charge on any atom is 0.331 e. The van der Waals surface area contributed by atoms with Crippen molar-refractivity contribution >= 4 is 56.5 Å². The predicted octanol–water partition coefficient (Wildman–Crippen LogP) is 6.42. The molecule has 3 N–H and O–H groups in total. The first-order valence-corrected chi connectivity index (χ1v) is 14.3. The maximum absolute atomic E-state index is 13.9. The number of anilines is 3. The molecule has 2 atom stereocenters. The number of ether oxygens (including phenoxy) is 1. The number of thiophene rings is 1. The molecule has 2 aromatic heterocycles. The highest BCUT2D eigenvalue weighted by Crippen LogP contribution is 2.47. The molecule has 3 heterocycles. The van der Waals surface area contributed by atoms with Gasteiger partial charge in [0.2, 0.25) is 5.91 Å². The van der Waals surface area contributed by atoms with Crippen molar-refractivity contribution in [3.63, 3.8) is 0 Å². The summed E-state index contributed by atoms with van der Waals surface area (Å²) in [6.45, 7) is 5.44. The zero-order valence-corrected chi connectivity index (χ0v) is 23.3. The molecule has 4 aromatic rings. The highest BCUT2D eigenvalue weighted by molar-refractivity contribution is 7.21.